The first-order valence-corrected chi connectivity index (χ1v) is 7.98. The van der Waals surface area contributed by atoms with Crippen LogP contribution in [0.25, 0.3) is 0 Å². The van der Waals surface area contributed by atoms with Crippen LogP contribution in [-0.2, 0) is 10.1 Å². The lowest BCUT2D eigenvalue weighted by Crippen LogP contribution is -2.13. The Bertz CT molecular complexity index is 938. The number of non-ortho nitro benzene ring substituents is 1. The number of benzene rings is 2. The first kappa shape index (κ1) is 17.3. The van der Waals surface area contributed by atoms with Gasteiger partial charge in [-0.2, -0.15) is 8.42 Å². The Morgan fingerprint density at radius 3 is 2.12 bits per heavy atom. The van der Waals surface area contributed by atoms with Crippen molar-refractivity contribution in [1.82, 2.24) is 0 Å². The molecule has 9 nitrogen and oxygen atoms in total. The van der Waals surface area contributed by atoms with Crippen LogP contribution >= 0.6 is 0 Å². The molecule has 0 atom stereocenters. The topological polar surface area (TPSA) is 130 Å². The minimum Gasteiger partial charge on any atom is -0.371 e. The fraction of sp³-hybridized carbons (Fsp3) is 0.143. The summed E-state index contributed by atoms with van der Waals surface area (Å²) in [6.45, 7) is 2.84. The molecule has 0 unspecified atom stereocenters. The van der Waals surface area contributed by atoms with Crippen LogP contribution in [0.5, 0.6) is 5.75 Å². The Balaban J connectivity index is 2.59. The molecule has 10 heteroatoms. The van der Waals surface area contributed by atoms with Crippen LogP contribution in [0.3, 0.4) is 0 Å². The molecule has 0 fully saturated rings. The molecule has 0 amide bonds. The molecule has 0 saturated carbocycles. The molecular formula is C14H12N2O7S. The molecule has 2 aromatic carbocycles. The van der Waals surface area contributed by atoms with E-state index in [1.165, 1.54) is 19.1 Å². The van der Waals surface area contributed by atoms with Crippen LogP contribution in [0.4, 0.5) is 11.4 Å². The zero-order valence-electron chi connectivity index (χ0n) is 12.6. The summed E-state index contributed by atoms with van der Waals surface area (Å²) in [7, 11) is -4.33. The van der Waals surface area contributed by atoms with Gasteiger partial charge in [0.1, 0.15) is 4.90 Å². The van der Waals surface area contributed by atoms with Crippen molar-refractivity contribution in [2.75, 3.05) is 0 Å². The highest BCUT2D eigenvalue weighted by Gasteiger charge is 2.29. The second kappa shape index (κ2) is 6.24. The van der Waals surface area contributed by atoms with E-state index in [-0.39, 0.29) is 10.5 Å². The Hall–Kier alpha value is -3.01. The van der Waals surface area contributed by atoms with Gasteiger partial charge in [0.05, 0.1) is 15.9 Å². The summed E-state index contributed by atoms with van der Waals surface area (Å²) in [6, 6.07) is 7.64. The van der Waals surface area contributed by atoms with E-state index >= 15 is 0 Å². The quantitative estimate of drug-likeness (QED) is 0.459. The maximum Gasteiger partial charge on any atom is 0.339 e. The van der Waals surface area contributed by atoms with Gasteiger partial charge in [0.15, 0.2) is 0 Å². The van der Waals surface area contributed by atoms with Gasteiger partial charge in [0.25, 0.3) is 5.69 Å². The Labute approximate surface area is 136 Å². The van der Waals surface area contributed by atoms with Crippen LogP contribution in [0, 0.1) is 34.1 Å². The smallest absolute Gasteiger partial charge is 0.339 e. The van der Waals surface area contributed by atoms with Crippen LogP contribution in [0.1, 0.15) is 11.1 Å². The largest absolute Gasteiger partial charge is 0.371 e. The summed E-state index contributed by atoms with van der Waals surface area (Å²) < 4.78 is 29.7. The van der Waals surface area contributed by atoms with Crippen LogP contribution in [0.15, 0.2) is 41.3 Å². The van der Waals surface area contributed by atoms with Gasteiger partial charge in [-0.05, 0) is 25.5 Å². The molecule has 2 rings (SSSR count). The molecular weight excluding hydrogens is 340 g/mol. The van der Waals surface area contributed by atoms with E-state index in [1.807, 2.05) is 0 Å². The fourth-order valence-electron chi connectivity index (χ4n) is 2.08. The minimum absolute atomic E-state index is 0.0342. The molecule has 0 spiro atoms. The molecule has 0 aliphatic carbocycles. The van der Waals surface area contributed by atoms with Gasteiger partial charge in [-0.1, -0.05) is 18.2 Å². The monoisotopic (exact) mass is 352 g/mol. The van der Waals surface area contributed by atoms with Crippen molar-refractivity contribution in [3.8, 4) is 5.75 Å². The summed E-state index contributed by atoms with van der Waals surface area (Å²) >= 11 is 0. The number of aryl methyl sites for hydroxylation is 2. The Morgan fingerprint density at radius 2 is 1.58 bits per heavy atom. The SMILES string of the molecule is Cc1ccccc1S(=O)(=O)Oc1c(C)cc([N+](=O)[O-])cc1[N+](=O)[O-]. The van der Waals surface area contributed by atoms with Gasteiger partial charge in [0, 0.05) is 11.6 Å². The van der Waals surface area contributed by atoms with E-state index in [0.717, 1.165) is 6.07 Å². The maximum absolute atomic E-state index is 12.4. The van der Waals surface area contributed by atoms with Crippen molar-refractivity contribution in [2.24, 2.45) is 0 Å². The number of rotatable bonds is 5. The van der Waals surface area contributed by atoms with Crippen molar-refractivity contribution in [2.45, 2.75) is 18.7 Å². The average Bonchev–Trinajstić information content (AvgIpc) is 2.48. The first-order chi connectivity index (χ1) is 11.1. The molecule has 0 aliphatic heterocycles. The van der Waals surface area contributed by atoms with E-state index in [1.54, 1.807) is 19.1 Å². The molecule has 126 valence electrons. The van der Waals surface area contributed by atoms with Gasteiger partial charge in [0.2, 0.25) is 5.75 Å². The lowest BCUT2D eigenvalue weighted by atomic mass is 10.1. The summed E-state index contributed by atoms with van der Waals surface area (Å²) in [5.41, 5.74) is -0.952. The van der Waals surface area contributed by atoms with Gasteiger partial charge in [-0.25, -0.2) is 0 Å². The van der Waals surface area contributed by atoms with Crippen molar-refractivity contribution in [3.05, 3.63) is 67.8 Å². The zero-order valence-corrected chi connectivity index (χ0v) is 13.4. The highest BCUT2D eigenvalue weighted by molar-refractivity contribution is 7.87. The van der Waals surface area contributed by atoms with Crippen molar-refractivity contribution >= 4 is 21.5 Å². The van der Waals surface area contributed by atoms with Gasteiger partial charge in [-0.15, -0.1) is 0 Å². The van der Waals surface area contributed by atoms with Crippen LogP contribution in [0.2, 0.25) is 0 Å². The maximum atomic E-state index is 12.4. The van der Waals surface area contributed by atoms with Crippen LogP contribution in [-0.4, -0.2) is 18.3 Å². The lowest BCUT2D eigenvalue weighted by Gasteiger charge is -2.11. The Kier molecular flexibility index (Phi) is 4.51. The molecule has 0 bridgehead atoms. The number of nitro groups is 2. The third-order valence-electron chi connectivity index (χ3n) is 3.20. The van der Waals surface area contributed by atoms with Crippen LogP contribution < -0.4 is 4.18 Å². The summed E-state index contributed by atoms with van der Waals surface area (Å²) in [4.78, 5) is 20.1. The number of nitro benzene ring substituents is 2. The molecule has 0 aromatic heterocycles. The van der Waals surface area contributed by atoms with E-state index in [9.17, 15) is 28.6 Å². The highest BCUT2D eigenvalue weighted by atomic mass is 32.2. The minimum atomic E-state index is -4.33. The second-order valence-corrected chi connectivity index (χ2v) is 6.44. The number of hydrogen-bond acceptors (Lipinski definition) is 7. The van der Waals surface area contributed by atoms with E-state index < -0.39 is 37.1 Å². The molecule has 0 aliphatic rings. The molecule has 0 heterocycles. The summed E-state index contributed by atoms with van der Waals surface area (Å²) in [6.07, 6.45) is 0. The molecule has 2 aromatic rings. The van der Waals surface area contributed by atoms with Crippen molar-refractivity contribution in [3.63, 3.8) is 0 Å². The predicted molar refractivity (Wildman–Crippen MR) is 83.5 cm³/mol. The average molecular weight is 352 g/mol. The third-order valence-corrected chi connectivity index (χ3v) is 4.59. The standard InChI is InChI=1S/C14H12N2O7S/c1-9-5-3-4-6-13(9)24(21,22)23-14-10(2)7-11(15(17)18)8-12(14)16(19)20/h3-8H,1-2H3. The van der Waals surface area contributed by atoms with E-state index in [0.29, 0.717) is 11.6 Å². The lowest BCUT2D eigenvalue weighted by molar-refractivity contribution is -0.394. The first-order valence-electron chi connectivity index (χ1n) is 6.57. The normalized spacial score (nSPS) is 11.1. The highest BCUT2D eigenvalue weighted by Crippen LogP contribution is 2.37. The second-order valence-electron chi connectivity index (χ2n) is 4.93. The Morgan fingerprint density at radius 1 is 0.958 bits per heavy atom. The summed E-state index contributed by atoms with van der Waals surface area (Å²) in [5.74, 6) is -0.547. The van der Waals surface area contributed by atoms with Gasteiger partial charge in [-0.3, -0.25) is 20.2 Å². The van der Waals surface area contributed by atoms with Crippen molar-refractivity contribution < 1.29 is 22.4 Å². The van der Waals surface area contributed by atoms with Crippen molar-refractivity contribution in [1.29, 1.82) is 0 Å². The molecule has 24 heavy (non-hydrogen) atoms. The van der Waals surface area contributed by atoms with E-state index in [4.69, 9.17) is 4.18 Å². The molecule has 0 radical (unpaired) electrons. The zero-order chi connectivity index (χ0) is 18.1. The molecule has 0 N–H and O–H groups in total. The van der Waals surface area contributed by atoms with Gasteiger partial charge < -0.3 is 4.18 Å². The number of hydrogen-bond donors (Lipinski definition) is 0. The fourth-order valence-corrected chi connectivity index (χ4v) is 3.31. The molecule has 0 saturated heterocycles. The number of nitrogens with zero attached hydrogens (tertiary/aromatic N) is 2. The predicted octanol–water partition coefficient (Wildman–Crippen LogP) is 2.89. The third kappa shape index (κ3) is 3.33. The van der Waals surface area contributed by atoms with Gasteiger partial charge >= 0.3 is 15.8 Å². The summed E-state index contributed by atoms with van der Waals surface area (Å²) in [5, 5.41) is 22.0. The van der Waals surface area contributed by atoms with E-state index in [2.05, 4.69) is 0 Å².